The Morgan fingerprint density at radius 2 is 1.86 bits per heavy atom. The lowest BCUT2D eigenvalue weighted by Crippen LogP contribution is -2.54. The van der Waals surface area contributed by atoms with Gasteiger partial charge in [-0.1, -0.05) is 60.7 Å². The lowest BCUT2D eigenvalue weighted by molar-refractivity contribution is -0.122. The van der Waals surface area contributed by atoms with Gasteiger partial charge in [0.25, 0.3) is 0 Å². The number of rotatable bonds is 7. The van der Waals surface area contributed by atoms with Crippen molar-refractivity contribution in [2.75, 3.05) is 11.9 Å². The zero-order valence-corrected chi connectivity index (χ0v) is 20.9. The van der Waals surface area contributed by atoms with E-state index in [0.717, 1.165) is 37.0 Å². The number of likely N-dealkylation sites (tertiary alicyclic amines) is 1. The zero-order valence-electron chi connectivity index (χ0n) is 20.1. The molecule has 0 saturated carbocycles. The molecule has 0 spiro atoms. The van der Waals surface area contributed by atoms with Crippen molar-refractivity contribution in [3.8, 4) is 0 Å². The molecule has 0 bridgehead atoms. The van der Waals surface area contributed by atoms with Gasteiger partial charge < -0.3 is 10.6 Å². The lowest BCUT2D eigenvalue weighted by atomic mass is 9.89. The van der Waals surface area contributed by atoms with E-state index in [1.54, 1.807) is 0 Å². The Labute approximate surface area is 210 Å². The number of hydrogen-bond donors (Lipinski definition) is 2. The van der Waals surface area contributed by atoms with E-state index in [9.17, 15) is 9.59 Å². The molecule has 0 unspecified atom stereocenters. The second-order valence-corrected chi connectivity index (χ2v) is 11.1. The van der Waals surface area contributed by atoms with Crippen molar-refractivity contribution in [2.24, 2.45) is 0 Å². The molecular weight excluding hydrogens is 456 g/mol. The van der Waals surface area contributed by atoms with Gasteiger partial charge in [0.2, 0.25) is 11.8 Å². The van der Waals surface area contributed by atoms with Crippen LogP contribution >= 0.6 is 11.3 Å². The normalized spacial score (nSPS) is 24.4. The van der Waals surface area contributed by atoms with E-state index in [-0.39, 0.29) is 29.4 Å². The summed E-state index contributed by atoms with van der Waals surface area (Å²) in [5, 5.41) is 6.96. The van der Waals surface area contributed by atoms with Gasteiger partial charge in [-0.25, -0.2) is 4.98 Å². The Hall–Kier alpha value is -3.03. The standard InChI is InChI=1S/C28H32N4O2S/c1-28-17-22(15-20-9-4-2-5-10-20)32(24(28)13-8-14-25(33)31-28)19-26(34)30-27-29-18-23(35-27)16-21-11-6-3-7-12-21/h2-7,9-12,18,22,24H,8,13-17,19H2,1H3,(H,31,33)(H,29,30,34)/t22-,24+,28+/m1/s1. The molecule has 0 aliphatic carbocycles. The van der Waals surface area contributed by atoms with Gasteiger partial charge in [0.1, 0.15) is 0 Å². The number of thiazole rings is 1. The molecule has 3 atom stereocenters. The summed E-state index contributed by atoms with van der Waals surface area (Å²) in [6.07, 6.45) is 6.65. The average molecular weight is 489 g/mol. The van der Waals surface area contributed by atoms with Crippen LogP contribution < -0.4 is 10.6 Å². The lowest BCUT2D eigenvalue weighted by Gasteiger charge is -2.34. The number of benzene rings is 2. The van der Waals surface area contributed by atoms with E-state index >= 15 is 0 Å². The quantitative estimate of drug-likeness (QED) is 0.516. The predicted octanol–water partition coefficient (Wildman–Crippen LogP) is 4.42. The first kappa shape index (κ1) is 23.7. The predicted molar refractivity (Wildman–Crippen MR) is 139 cm³/mol. The van der Waals surface area contributed by atoms with Crippen molar-refractivity contribution in [3.63, 3.8) is 0 Å². The Bertz CT molecular complexity index is 1170. The number of nitrogens with one attached hydrogen (secondary N) is 2. The van der Waals surface area contributed by atoms with Gasteiger partial charge in [-0.2, -0.15) is 0 Å². The van der Waals surface area contributed by atoms with Gasteiger partial charge in [0.15, 0.2) is 5.13 Å². The molecule has 182 valence electrons. The molecule has 7 heteroatoms. The van der Waals surface area contributed by atoms with Crippen LogP contribution in [0.25, 0.3) is 0 Å². The van der Waals surface area contributed by atoms with Gasteiger partial charge in [-0.3, -0.25) is 14.5 Å². The third kappa shape index (κ3) is 5.63. The van der Waals surface area contributed by atoms with E-state index in [1.807, 2.05) is 30.5 Å². The molecule has 2 aromatic carbocycles. The van der Waals surface area contributed by atoms with Crippen LogP contribution in [0.3, 0.4) is 0 Å². The summed E-state index contributed by atoms with van der Waals surface area (Å²) in [6.45, 7) is 2.44. The minimum absolute atomic E-state index is 0.0523. The summed E-state index contributed by atoms with van der Waals surface area (Å²) in [7, 11) is 0. The van der Waals surface area contributed by atoms with Gasteiger partial charge >= 0.3 is 0 Å². The first-order chi connectivity index (χ1) is 17.0. The second-order valence-electron chi connectivity index (χ2n) is 9.94. The van der Waals surface area contributed by atoms with Gasteiger partial charge in [-0.05, 0) is 43.7 Å². The maximum atomic E-state index is 13.2. The second kappa shape index (κ2) is 10.3. The first-order valence-electron chi connectivity index (χ1n) is 12.4. The maximum absolute atomic E-state index is 13.2. The number of hydrogen-bond acceptors (Lipinski definition) is 5. The van der Waals surface area contributed by atoms with E-state index in [4.69, 9.17) is 0 Å². The van der Waals surface area contributed by atoms with Crippen molar-refractivity contribution < 1.29 is 9.59 Å². The summed E-state index contributed by atoms with van der Waals surface area (Å²) < 4.78 is 0. The molecular formula is C28H32N4O2S. The summed E-state index contributed by atoms with van der Waals surface area (Å²) in [6, 6.07) is 21.0. The molecule has 2 amide bonds. The fourth-order valence-corrected chi connectivity index (χ4v) is 6.57. The Morgan fingerprint density at radius 3 is 2.60 bits per heavy atom. The van der Waals surface area contributed by atoms with Crippen molar-refractivity contribution in [1.82, 2.24) is 15.2 Å². The Morgan fingerprint density at radius 1 is 1.14 bits per heavy atom. The highest BCUT2D eigenvalue weighted by atomic mass is 32.1. The summed E-state index contributed by atoms with van der Waals surface area (Å²) in [4.78, 5) is 33.5. The van der Waals surface area contributed by atoms with Crippen molar-refractivity contribution in [2.45, 2.75) is 63.1 Å². The van der Waals surface area contributed by atoms with E-state index in [1.165, 1.54) is 22.5 Å². The monoisotopic (exact) mass is 488 g/mol. The fourth-order valence-electron chi connectivity index (χ4n) is 5.70. The SMILES string of the molecule is C[C@]12C[C@@H](Cc3ccccc3)N(CC(=O)Nc3ncc(Cc4ccccc4)s3)[C@H]1CCCC(=O)N2. The van der Waals surface area contributed by atoms with Crippen LogP contribution in [0, 0.1) is 0 Å². The number of nitrogens with zero attached hydrogens (tertiary/aromatic N) is 2. The smallest absolute Gasteiger partial charge is 0.240 e. The number of anilines is 1. The maximum Gasteiger partial charge on any atom is 0.240 e. The van der Waals surface area contributed by atoms with E-state index in [0.29, 0.717) is 18.1 Å². The molecule has 1 aromatic heterocycles. The average Bonchev–Trinajstić information content (AvgIpc) is 3.32. The summed E-state index contributed by atoms with van der Waals surface area (Å²) in [5.74, 6) is 0.0667. The molecule has 0 radical (unpaired) electrons. The van der Waals surface area contributed by atoms with Crippen LogP contribution in [-0.4, -0.2) is 45.9 Å². The van der Waals surface area contributed by atoms with Gasteiger partial charge in [0.05, 0.1) is 12.1 Å². The molecule has 2 fully saturated rings. The highest BCUT2D eigenvalue weighted by Crippen LogP contribution is 2.39. The molecule has 2 aliphatic rings. The largest absolute Gasteiger partial charge is 0.349 e. The van der Waals surface area contributed by atoms with Crippen molar-refractivity contribution in [3.05, 3.63) is 82.9 Å². The van der Waals surface area contributed by atoms with Crippen molar-refractivity contribution in [1.29, 1.82) is 0 Å². The molecule has 3 aromatic rings. The van der Waals surface area contributed by atoms with Crippen LogP contribution in [-0.2, 0) is 22.4 Å². The Balaban J connectivity index is 1.29. The van der Waals surface area contributed by atoms with Crippen molar-refractivity contribution >= 4 is 28.3 Å². The number of carbonyl (C=O) groups excluding carboxylic acids is 2. The van der Waals surface area contributed by atoms with Gasteiger partial charge in [-0.15, -0.1) is 11.3 Å². The van der Waals surface area contributed by atoms with E-state index in [2.05, 4.69) is 63.8 Å². The number of amides is 2. The van der Waals surface area contributed by atoms with Crippen LogP contribution in [0.4, 0.5) is 5.13 Å². The van der Waals surface area contributed by atoms with E-state index < -0.39 is 0 Å². The first-order valence-corrected chi connectivity index (χ1v) is 13.2. The van der Waals surface area contributed by atoms with Crippen LogP contribution in [0.15, 0.2) is 66.9 Å². The third-order valence-electron chi connectivity index (χ3n) is 7.23. The molecule has 2 N–H and O–H groups in total. The minimum Gasteiger partial charge on any atom is -0.349 e. The molecule has 5 rings (SSSR count). The topological polar surface area (TPSA) is 74.3 Å². The highest BCUT2D eigenvalue weighted by Gasteiger charge is 2.50. The molecule has 3 heterocycles. The van der Waals surface area contributed by atoms with Crippen LogP contribution in [0.1, 0.15) is 48.6 Å². The Kier molecular flexibility index (Phi) is 6.97. The molecule has 2 saturated heterocycles. The summed E-state index contributed by atoms with van der Waals surface area (Å²) in [5.41, 5.74) is 2.15. The highest BCUT2D eigenvalue weighted by molar-refractivity contribution is 7.15. The number of fused-ring (bicyclic) bond motifs is 1. The zero-order chi connectivity index (χ0) is 24.3. The fraction of sp³-hybridized carbons (Fsp3) is 0.393. The molecule has 6 nitrogen and oxygen atoms in total. The molecule has 2 aliphatic heterocycles. The number of aromatic nitrogens is 1. The van der Waals surface area contributed by atoms with Crippen LogP contribution in [0.5, 0.6) is 0 Å². The molecule has 35 heavy (non-hydrogen) atoms. The van der Waals surface area contributed by atoms with Crippen LogP contribution in [0.2, 0.25) is 0 Å². The van der Waals surface area contributed by atoms with Gasteiger partial charge in [0, 0.05) is 36.0 Å². The minimum atomic E-state index is -0.322. The summed E-state index contributed by atoms with van der Waals surface area (Å²) >= 11 is 1.52. The number of carbonyl (C=O) groups is 2. The third-order valence-corrected chi connectivity index (χ3v) is 8.15.